The number of hydrogen-bond acceptors (Lipinski definition) is 6. The highest BCUT2D eigenvalue weighted by Gasteiger charge is 2.19. The summed E-state index contributed by atoms with van der Waals surface area (Å²) in [6.45, 7) is 6.46. The number of esters is 3. The van der Waals surface area contributed by atoms with E-state index < -0.39 is 6.10 Å². The molecule has 0 fully saturated rings. The Bertz CT molecular complexity index is 1840. The Kier molecular flexibility index (Phi) is 65.4. The standard InChI is InChI=1S/C77H124O6/c1-4-7-10-13-16-19-22-25-27-29-31-32-33-34-35-36-37-38-39-40-41-42-43-44-46-47-49-52-55-58-61-64-67-70-76(79)82-73-74(72-81-75(78)69-66-63-60-57-54-51-24-21-18-15-12-9-6-3)83-77(80)71-68-65-62-59-56-53-50-48-45-30-28-26-23-20-17-14-11-8-5-2/h7,10,16-17,19-20,25-28,31-32,34-35,37-38,40-41,43-45,47-49,55,58,74H,4-6,8-9,11-15,18,21-24,29-30,33,36,39,42,46,50-54,56-57,59-73H2,1-3H3/b10-7-,19-16-,20-17-,27-25-,28-26-,32-31-,35-34-,38-37-,41-40-,44-43-,48-45-,49-47-,58-55-. The minimum Gasteiger partial charge on any atom is -0.462 e. The van der Waals surface area contributed by atoms with Crippen LogP contribution in [0, 0.1) is 0 Å². The molecule has 0 spiro atoms. The topological polar surface area (TPSA) is 78.9 Å². The van der Waals surface area contributed by atoms with E-state index in [1.807, 2.05) is 0 Å². The van der Waals surface area contributed by atoms with Crippen LogP contribution >= 0.6 is 0 Å². The summed E-state index contributed by atoms with van der Waals surface area (Å²) >= 11 is 0. The molecule has 0 bridgehead atoms. The second-order valence-electron chi connectivity index (χ2n) is 22.0. The van der Waals surface area contributed by atoms with Gasteiger partial charge in [-0.2, -0.15) is 0 Å². The zero-order chi connectivity index (χ0) is 59.9. The summed E-state index contributed by atoms with van der Waals surface area (Å²) in [7, 11) is 0. The lowest BCUT2D eigenvalue weighted by atomic mass is 10.0. The Morgan fingerprint density at radius 1 is 0.253 bits per heavy atom. The molecule has 0 amide bonds. The molecular formula is C77H124O6. The molecule has 0 heterocycles. The highest BCUT2D eigenvalue weighted by molar-refractivity contribution is 5.71. The zero-order valence-corrected chi connectivity index (χ0v) is 53.7. The molecule has 6 heteroatoms. The van der Waals surface area contributed by atoms with Crippen molar-refractivity contribution in [3.05, 3.63) is 158 Å². The molecule has 0 aliphatic heterocycles. The van der Waals surface area contributed by atoms with Gasteiger partial charge >= 0.3 is 17.9 Å². The number of rotatable bonds is 60. The van der Waals surface area contributed by atoms with Gasteiger partial charge in [0.25, 0.3) is 0 Å². The Morgan fingerprint density at radius 2 is 0.470 bits per heavy atom. The van der Waals surface area contributed by atoms with Crippen LogP contribution in [-0.4, -0.2) is 37.2 Å². The minimum atomic E-state index is -0.810. The van der Waals surface area contributed by atoms with Gasteiger partial charge in [0, 0.05) is 19.3 Å². The molecule has 0 aromatic heterocycles. The van der Waals surface area contributed by atoms with E-state index in [-0.39, 0.29) is 31.1 Å². The molecule has 0 rings (SSSR count). The average Bonchev–Trinajstić information content (AvgIpc) is 3.49. The molecule has 0 aromatic carbocycles. The smallest absolute Gasteiger partial charge is 0.306 e. The van der Waals surface area contributed by atoms with Crippen LogP contribution in [0.15, 0.2) is 158 Å². The van der Waals surface area contributed by atoms with Crippen LogP contribution in [0.2, 0.25) is 0 Å². The van der Waals surface area contributed by atoms with Gasteiger partial charge in [-0.25, -0.2) is 0 Å². The van der Waals surface area contributed by atoms with E-state index in [1.54, 1.807) is 0 Å². The highest BCUT2D eigenvalue weighted by Crippen LogP contribution is 2.15. The van der Waals surface area contributed by atoms with Crippen LogP contribution < -0.4 is 0 Å². The van der Waals surface area contributed by atoms with Gasteiger partial charge in [0.1, 0.15) is 13.2 Å². The predicted octanol–water partition coefficient (Wildman–Crippen LogP) is 23.7. The largest absolute Gasteiger partial charge is 0.462 e. The third-order valence-electron chi connectivity index (χ3n) is 14.0. The summed E-state index contributed by atoms with van der Waals surface area (Å²) < 4.78 is 16.9. The lowest BCUT2D eigenvalue weighted by Gasteiger charge is -2.18. The molecule has 0 aromatic rings. The van der Waals surface area contributed by atoms with Crippen molar-refractivity contribution < 1.29 is 28.6 Å². The number of unbranched alkanes of at least 4 members (excludes halogenated alkanes) is 23. The van der Waals surface area contributed by atoms with Crippen LogP contribution in [0.3, 0.4) is 0 Å². The maximum absolute atomic E-state index is 12.9. The van der Waals surface area contributed by atoms with Gasteiger partial charge in [-0.1, -0.05) is 294 Å². The lowest BCUT2D eigenvalue weighted by molar-refractivity contribution is -0.167. The predicted molar refractivity (Wildman–Crippen MR) is 362 cm³/mol. The monoisotopic (exact) mass is 1140 g/mol. The molecule has 468 valence electrons. The molecule has 1 unspecified atom stereocenters. The molecule has 83 heavy (non-hydrogen) atoms. The number of allylic oxidation sites excluding steroid dienone is 26. The van der Waals surface area contributed by atoms with Crippen molar-refractivity contribution >= 4 is 17.9 Å². The van der Waals surface area contributed by atoms with Gasteiger partial charge in [0.2, 0.25) is 0 Å². The molecule has 0 aliphatic carbocycles. The third kappa shape index (κ3) is 67.7. The summed E-state index contributed by atoms with van der Waals surface area (Å²) in [4.78, 5) is 38.3. The van der Waals surface area contributed by atoms with E-state index in [9.17, 15) is 14.4 Å². The van der Waals surface area contributed by atoms with Crippen molar-refractivity contribution in [2.24, 2.45) is 0 Å². The van der Waals surface area contributed by atoms with E-state index in [4.69, 9.17) is 14.2 Å². The summed E-state index contributed by atoms with van der Waals surface area (Å²) in [5.41, 5.74) is 0. The van der Waals surface area contributed by atoms with Crippen LogP contribution in [-0.2, 0) is 28.6 Å². The lowest BCUT2D eigenvalue weighted by Crippen LogP contribution is -2.30. The molecular weight excluding hydrogens is 1020 g/mol. The average molecular weight is 1150 g/mol. The van der Waals surface area contributed by atoms with Crippen LogP contribution in [0.1, 0.15) is 290 Å². The van der Waals surface area contributed by atoms with E-state index in [0.717, 1.165) is 141 Å². The van der Waals surface area contributed by atoms with Crippen LogP contribution in [0.25, 0.3) is 0 Å². The van der Waals surface area contributed by atoms with Gasteiger partial charge in [-0.15, -0.1) is 0 Å². The normalized spacial score (nSPS) is 13.1. The zero-order valence-electron chi connectivity index (χ0n) is 53.7. The molecule has 0 N–H and O–H groups in total. The van der Waals surface area contributed by atoms with E-state index >= 15 is 0 Å². The highest BCUT2D eigenvalue weighted by atomic mass is 16.6. The summed E-state index contributed by atoms with van der Waals surface area (Å²) in [5, 5.41) is 0. The number of carbonyl (C=O) groups is 3. The quantitative estimate of drug-likeness (QED) is 0.0261. The SMILES string of the molecule is CC/C=C\C/C=C\C/C=C\C/C=C\C/C=C\C/C=C\C/C=C\C/C=C\C/C=C\C/C=C\CCCCC(=O)OCC(COC(=O)CCCCCCCCCCCCCCC)OC(=O)CCCCCCCC/C=C\C/C=C\C/C=C\CCCCC. The molecule has 0 aliphatic rings. The van der Waals surface area contributed by atoms with Crippen molar-refractivity contribution in [3.8, 4) is 0 Å². The maximum Gasteiger partial charge on any atom is 0.306 e. The Labute approximate surface area is 511 Å². The van der Waals surface area contributed by atoms with E-state index in [1.165, 1.54) is 103 Å². The first-order valence-corrected chi connectivity index (χ1v) is 34.0. The van der Waals surface area contributed by atoms with Crippen molar-refractivity contribution in [1.82, 2.24) is 0 Å². The van der Waals surface area contributed by atoms with Crippen LogP contribution in [0.4, 0.5) is 0 Å². The Hall–Kier alpha value is -4.97. The van der Waals surface area contributed by atoms with Crippen molar-refractivity contribution in [3.63, 3.8) is 0 Å². The van der Waals surface area contributed by atoms with Gasteiger partial charge in [0.05, 0.1) is 0 Å². The molecule has 6 nitrogen and oxygen atoms in total. The second kappa shape index (κ2) is 69.5. The van der Waals surface area contributed by atoms with Gasteiger partial charge in [-0.05, 0) is 135 Å². The van der Waals surface area contributed by atoms with Crippen molar-refractivity contribution in [2.75, 3.05) is 13.2 Å². The van der Waals surface area contributed by atoms with E-state index in [0.29, 0.717) is 25.7 Å². The van der Waals surface area contributed by atoms with E-state index in [2.05, 4.69) is 179 Å². The van der Waals surface area contributed by atoms with Crippen LogP contribution in [0.5, 0.6) is 0 Å². The second-order valence-corrected chi connectivity index (χ2v) is 22.0. The third-order valence-corrected chi connectivity index (χ3v) is 14.0. The Balaban J connectivity index is 4.42. The first-order valence-electron chi connectivity index (χ1n) is 34.0. The first-order chi connectivity index (χ1) is 41.0. The molecule has 0 saturated heterocycles. The van der Waals surface area contributed by atoms with Gasteiger partial charge < -0.3 is 14.2 Å². The minimum absolute atomic E-state index is 0.100. The summed E-state index contributed by atoms with van der Waals surface area (Å²) in [6.07, 6.45) is 101. The first kappa shape index (κ1) is 78.0. The number of ether oxygens (including phenoxy) is 3. The summed E-state index contributed by atoms with van der Waals surface area (Å²) in [6, 6.07) is 0. The Morgan fingerprint density at radius 3 is 0.783 bits per heavy atom. The maximum atomic E-state index is 12.9. The van der Waals surface area contributed by atoms with Gasteiger partial charge in [0.15, 0.2) is 6.10 Å². The summed E-state index contributed by atoms with van der Waals surface area (Å²) in [5.74, 6) is -0.958. The molecule has 1 atom stereocenters. The fraction of sp³-hybridized carbons (Fsp3) is 0.623. The van der Waals surface area contributed by atoms with Crippen molar-refractivity contribution in [2.45, 2.75) is 297 Å². The molecule has 0 saturated carbocycles. The number of carbonyl (C=O) groups excluding carboxylic acids is 3. The fourth-order valence-electron chi connectivity index (χ4n) is 8.95. The molecule has 0 radical (unpaired) electrons. The van der Waals surface area contributed by atoms with Gasteiger partial charge in [-0.3, -0.25) is 14.4 Å². The fourth-order valence-corrected chi connectivity index (χ4v) is 8.95. The number of hydrogen-bond donors (Lipinski definition) is 0. The van der Waals surface area contributed by atoms with Crippen molar-refractivity contribution in [1.29, 1.82) is 0 Å².